The molecule has 1 saturated heterocycles. The summed E-state index contributed by atoms with van der Waals surface area (Å²) in [5.74, 6) is 0.611. The summed E-state index contributed by atoms with van der Waals surface area (Å²) in [4.78, 5) is 14.4. The number of hydrogen-bond donors (Lipinski definition) is 1. The monoisotopic (exact) mass is 372 g/mol. The Morgan fingerprint density at radius 2 is 2.36 bits per heavy atom. The number of nitrogens with one attached hydrogen (secondary N) is 1. The molecule has 1 fully saturated rings. The maximum Gasteiger partial charge on any atom is 0.263 e. The molecule has 22 heavy (non-hydrogen) atoms. The first-order chi connectivity index (χ1) is 10.5. The van der Waals surface area contributed by atoms with Crippen molar-refractivity contribution in [2.45, 2.75) is 25.9 Å². The average Bonchev–Trinajstić information content (AvgIpc) is 2.50. The third-order valence-electron chi connectivity index (χ3n) is 3.87. The molecular formula is C16H22BrFN2O2. The maximum atomic E-state index is 13.1. The molecule has 1 N–H and O–H groups in total. The second kappa shape index (κ2) is 7.92. The summed E-state index contributed by atoms with van der Waals surface area (Å²) in [6.45, 7) is 4.19. The minimum atomic E-state index is -0.588. The van der Waals surface area contributed by atoms with Gasteiger partial charge in [-0.2, -0.15) is 0 Å². The Kier molecular flexibility index (Phi) is 6.20. The summed E-state index contributed by atoms with van der Waals surface area (Å²) >= 11 is 3.25. The normalized spacial score (nSPS) is 19.8. The average molecular weight is 373 g/mol. The van der Waals surface area contributed by atoms with Crippen LogP contribution < -0.4 is 10.1 Å². The van der Waals surface area contributed by atoms with E-state index in [9.17, 15) is 9.18 Å². The number of carbonyl (C=O) groups is 1. The van der Waals surface area contributed by atoms with Crippen molar-refractivity contribution >= 4 is 21.8 Å². The van der Waals surface area contributed by atoms with Gasteiger partial charge in [-0.25, -0.2) is 4.39 Å². The minimum absolute atomic E-state index is 0.0166. The van der Waals surface area contributed by atoms with E-state index in [1.165, 1.54) is 18.2 Å². The first-order valence-electron chi connectivity index (χ1n) is 7.56. The fourth-order valence-corrected chi connectivity index (χ4v) is 3.23. The lowest BCUT2D eigenvalue weighted by Gasteiger charge is -2.34. The molecule has 1 amide bonds. The number of hydrogen-bond acceptors (Lipinski definition) is 3. The zero-order valence-electron chi connectivity index (χ0n) is 12.9. The van der Waals surface area contributed by atoms with Gasteiger partial charge in [-0.15, -0.1) is 0 Å². The summed E-state index contributed by atoms with van der Waals surface area (Å²) in [5, 5.41) is 3.17. The number of likely N-dealkylation sites (tertiary alicyclic amines) is 1. The van der Waals surface area contributed by atoms with Gasteiger partial charge in [0.1, 0.15) is 11.6 Å². The van der Waals surface area contributed by atoms with Crippen LogP contribution in [0.1, 0.15) is 19.8 Å². The highest BCUT2D eigenvalue weighted by Gasteiger charge is 2.27. The molecule has 6 heteroatoms. The molecule has 4 nitrogen and oxygen atoms in total. The van der Waals surface area contributed by atoms with E-state index in [2.05, 4.69) is 21.2 Å². The van der Waals surface area contributed by atoms with Gasteiger partial charge >= 0.3 is 0 Å². The molecule has 1 aliphatic heterocycles. The molecule has 1 heterocycles. The van der Waals surface area contributed by atoms with E-state index in [0.717, 1.165) is 32.5 Å². The molecule has 2 rings (SSSR count). The van der Waals surface area contributed by atoms with E-state index in [-0.39, 0.29) is 11.7 Å². The van der Waals surface area contributed by atoms with Crippen molar-refractivity contribution in [2.75, 3.05) is 26.7 Å². The zero-order valence-corrected chi connectivity index (χ0v) is 14.5. The number of benzene rings is 1. The molecule has 0 aliphatic carbocycles. The number of amides is 1. The van der Waals surface area contributed by atoms with Crippen molar-refractivity contribution in [3.63, 3.8) is 0 Å². The second-order valence-corrected chi connectivity index (χ2v) is 6.54. The van der Waals surface area contributed by atoms with Gasteiger partial charge in [0.25, 0.3) is 5.91 Å². The summed E-state index contributed by atoms with van der Waals surface area (Å²) in [6.07, 6.45) is 1.57. The molecule has 0 bridgehead atoms. The lowest BCUT2D eigenvalue weighted by molar-refractivity contribution is -0.139. The lowest BCUT2D eigenvalue weighted by atomic mass is 9.97. The first-order valence-corrected chi connectivity index (χ1v) is 8.35. The van der Waals surface area contributed by atoms with Gasteiger partial charge in [0.05, 0.1) is 4.47 Å². The molecule has 1 aliphatic rings. The summed E-state index contributed by atoms with van der Waals surface area (Å²) in [6, 6.07) is 4.18. The summed E-state index contributed by atoms with van der Waals surface area (Å²) in [5.41, 5.74) is 0. The van der Waals surface area contributed by atoms with Gasteiger partial charge in [-0.1, -0.05) is 0 Å². The Hall–Kier alpha value is -1.14. The molecule has 2 atom stereocenters. The highest BCUT2D eigenvalue weighted by molar-refractivity contribution is 9.10. The van der Waals surface area contributed by atoms with Gasteiger partial charge < -0.3 is 15.0 Å². The zero-order chi connectivity index (χ0) is 16.1. The predicted octanol–water partition coefficient (Wildman–Crippen LogP) is 2.81. The van der Waals surface area contributed by atoms with E-state index >= 15 is 0 Å². The Morgan fingerprint density at radius 3 is 3.05 bits per heavy atom. The predicted molar refractivity (Wildman–Crippen MR) is 87.4 cm³/mol. The smallest absolute Gasteiger partial charge is 0.263 e. The van der Waals surface area contributed by atoms with Crippen molar-refractivity contribution in [3.8, 4) is 5.75 Å². The molecule has 0 spiro atoms. The van der Waals surface area contributed by atoms with Crippen molar-refractivity contribution in [3.05, 3.63) is 28.5 Å². The Labute approximate surface area is 139 Å². The fourth-order valence-electron chi connectivity index (χ4n) is 2.79. The van der Waals surface area contributed by atoms with Gasteiger partial charge in [0.2, 0.25) is 0 Å². The molecule has 0 radical (unpaired) electrons. The van der Waals surface area contributed by atoms with Crippen LogP contribution in [-0.4, -0.2) is 43.6 Å². The largest absolute Gasteiger partial charge is 0.480 e. The van der Waals surface area contributed by atoms with Crippen molar-refractivity contribution < 1.29 is 13.9 Å². The Morgan fingerprint density at radius 1 is 1.59 bits per heavy atom. The third kappa shape index (κ3) is 4.43. The number of rotatable bonds is 5. The van der Waals surface area contributed by atoms with Gasteiger partial charge in [-0.3, -0.25) is 4.79 Å². The van der Waals surface area contributed by atoms with Crippen LogP contribution in [0.4, 0.5) is 4.39 Å². The van der Waals surface area contributed by atoms with E-state index in [1.807, 2.05) is 11.9 Å². The van der Waals surface area contributed by atoms with Gasteiger partial charge in [0.15, 0.2) is 6.10 Å². The van der Waals surface area contributed by atoms with Crippen molar-refractivity contribution in [2.24, 2.45) is 5.92 Å². The lowest BCUT2D eigenvalue weighted by Crippen LogP contribution is -2.47. The molecule has 122 valence electrons. The van der Waals surface area contributed by atoms with Crippen LogP contribution >= 0.6 is 15.9 Å². The van der Waals surface area contributed by atoms with Crippen LogP contribution in [0.5, 0.6) is 5.75 Å². The molecule has 0 saturated carbocycles. The summed E-state index contributed by atoms with van der Waals surface area (Å²) < 4.78 is 19.3. The van der Waals surface area contributed by atoms with E-state index in [4.69, 9.17) is 4.74 Å². The maximum absolute atomic E-state index is 13.1. The van der Waals surface area contributed by atoms with Crippen molar-refractivity contribution in [1.82, 2.24) is 10.2 Å². The van der Waals surface area contributed by atoms with Crippen molar-refractivity contribution in [1.29, 1.82) is 0 Å². The second-order valence-electron chi connectivity index (χ2n) is 5.69. The van der Waals surface area contributed by atoms with Crippen LogP contribution in [0.15, 0.2) is 22.7 Å². The molecule has 1 aromatic rings. The Bertz CT molecular complexity index is 525. The van der Waals surface area contributed by atoms with Gasteiger partial charge in [0, 0.05) is 13.1 Å². The van der Waals surface area contributed by atoms with Crippen LogP contribution in [0.25, 0.3) is 0 Å². The third-order valence-corrected chi connectivity index (χ3v) is 4.49. The van der Waals surface area contributed by atoms with E-state index in [0.29, 0.717) is 16.1 Å². The minimum Gasteiger partial charge on any atom is -0.480 e. The standard InChI is InChI=1S/C16H22BrFN2O2/c1-11(22-15-6-5-13(18)8-14(15)17)16(21)20-7-3-4-12(10-20)9-19-2/h5-6,8,11-12,19H,3-4,7,9-10H2,1-2H3/t11-,12-/m0/s1. The van der Waals surface area contributed by atoms with E-state index < -0.39 is 6.10 Å². The molecular weight excluding hydrogens is 351 g/mol. The summed E-state index contributed by atoms with van der Waals surface area (Å²) in [7, 11) is 1.93. The number of ether oxygens (including phenoxy) is 1. The highest BCUT2D eigenvalue weighted by atomic mass is 79.9. The SMILES string of the molecule is CNC[C@@H]1CCCN(C(=O)[C@H](C)Oc2ccc(F)cc2Br)C1. The quantitative estimate of drug-likeness (QED) is 0.863. The van der Waals surface area contributed by atoms with Crippen LogP contribution in [0.3, 0.4) is 0 Å². The number of halogens is 2. The molecule has 0 unspecified atom stereocenters. The van der Waals surface area contributed by atoms with Crippen LogP contribution in [0.2, 0.25) is 0 Å². The molecule has 0 aromatic heterocycles. The van der Waals surface area contributed by atoms with E-state index in [1.54, 1.807) is 6.92 Å². The topological polar surface area (TPSA) is 41.6 Å². The number of piperidine rings is 1. The van der Waals surface area contributed by atoms with Gasteiger partial charge in [-0.05, 0) is 73.4 Å². The number of nitrogens with zero attached hydrogens (tertiary/aromatic N) is 1. The fraction of sp³-hybridized carbons (Fsp3) is 0.562. The number of carbonyl (C=O) groups excluding carboxylic acids is 1. The van der Waals surface area contributed by atoms with Crippen LogP contribution in [0, 0.1) is 11.7 Å². The van der Waals surface area contributed by atoms with Crippen LogP contribution in [-0.2, 0) is 4.79 Å². The Balaban J connectivity index is 1.96. The first kappa shape index (κ1) is 17.2. The molecule has 1 aromatic carbocycles. The highest BCUT2D eigenvalue weighted by Crippen LogP contribution is 2.27.